The average molecular weight is 228 g/mol. The van der Waals surface area contributed by atoms with Crippen LogP contribution in [0, 0.1) is 18.3 Å². The van der Waals surface area contributed by atoms with Crippen LogP contribution in [0.4, 0.5) is 0 Å². The Balaban J connectivity index is 2.38. The van der Waals surface area contributed by atoms with Gasteiger partial charge in [0.1, 0.15) is 19.3 Å². The van der Waals surface area contributed by atoms with Crippen molar-refractivity contribution >= 4 is 10.9 Å². The van der Waals surface area contributed by atoms with Gasteiger partial charge in [0, 0.05) is 24.2 Å². The molecule has 0 spiro atoms. The lowest BCUT2D eigenvalue weighted by molar-refractivity contribution is 0.172. The molecule has 0 saturated carbocycles. The highest BCUT2D eigenvalue weighted by molar-refractivity contribution is 5.90. The molecule has 0 aliphatic carbocycles. The Morgan fingerprint density at radius 2 is 1.88 bits per heavy atom. The van der Waals surface area contributed by atoms with Gasteiger partial charge in [0.15, 0.2) is 11.5 Å². The number of hydrogen-bond donors (Lipinski definition) is 0. The number of aryl methyl sites for hydroxylation is 1. The molecule has 0 saturated heterocycles. The molecule has 17 heavy (non-hydrogen) atoms. The highest BCUT2D eigenvalue weighted by atomic mass is 16.6. The van der Waals surface area contributed by atoms with Crippen molar-refractivity contribution in [2.24, 2.45) is 7.05 Å². The largest absolute Gasteiger partial charge is 0.486 e. The van der Waals surface area contributed by atoms with Gasteiger partial charge in [0.05, 0.1) is 11.1 Å². The fraction of sp³-hybridized carbons (Fsp3) is 0.308. The third-order valence-corrected chi connectivity index (χ3v) is 3.27. The van der Waals surface area contributed by atoms with Gasteiger partial charge in [-0.1, -0.05) is 0 Å². The topological polar surface area (TPSA) is 47.2 Å². The van der Waals surface area contributed by atoms with Crippen molar-refractivity contribution in [3.8, 4) is 17.6 Å². The predicted octanol–water partition coefficient (Wildman–Crippen LogP) is 2.13. The molecule has 1 aliphatic rings. The molecule has 4 heteroatoms. The molecule has 86 valence electrons. The number of hydrogen-bond acceptors (Lipinski definition) is 3. The van der Waals surface area contributed by atoms with Gasteiger partial charge in [-0.2, -0.15) is 5.26 Å². The second-order valence-corrected chi connectivity index (χ2v) is 4.14. The molecule has 0 atom stereocenters. The molecule has 2 aromatic rings. The maximum atomic E-state index is 9.20. The minimum Gasteiger partial charge on any atom is -0.486 e. The van der Waals surface area contributed by atoms with Crippen LogP contribution in [0.25, 0.3) is 10.9 Å². The van der Waals surface area contributed by atoms with E-state index < -0.39 is 0 Å². The molecular weight excluding hydrogens is 216 g/mol. The molecule has 0 bridgehead atoms. The Hall–Kier alpha value is -2.15. The van der Waals surface area contributed by atoms with Crippen molar-refractivity contribution in [1.29, 1.82) is 5.26 Å². The molecule has 3 rings (SSSR count). The average Bonchev–Trinajstić information content (AvgIpc) is 2.59. The monoisotopic (exact) mass is 228 g/mol. The van der Waals surface area contributed by atoms with Crippen LogP contribution in [0.2, 0.25) is 0 Å². The zero-order valence-corrected chi connectivity index (χ0v) is 9.78. The summed E-state index contributed by atoms with van der Waals surface area (Å²) in [6.07, 6.45) is 0. The van der Waals surface area contributed by atoms with Gasteiger partial charge in [-0.05, 0) is 13.0 Å². The van der Waals surface area contributed by atoms with Gasteiger partial charge in [-0.3, -0.25) is 0 Å². The molecule has 4 nitrogen and oxygen atoms in total. The lowest BCUT2D eigenvalue weighted by atomic mass is 10.1. The Morgan fingerprint density at radius 1 is 1.24 bits per heavy atom. The van der Waals surface area contributed by atoms with Crippen molar-refractivity contribution < 1.29 is 9.47 Å². The van der Waals surface area contributed by atoms with Crippen LogP contribution in [0.5, 0.6) is 11.5 Å². The van der Waals surface area contributed by atoms with Gasteiger partial charge in [0.25, 0.3) is 0 Å². The summed E-state index contributed by atoms with van der Waals surface area (Å²) in [4.78, 5) is 0. The van der Waals surface area contributed by atoms with Crippen LogP contribution in [0.15, 0.2) is 12.1 Å². The molecular formula is C13H12N2O2. The number of nitriles is 1. The van der Waals surface area contributed by atoms with Crippen LogP contribution in [-0.2, 0) is 7.05 Å². The molecule has 2 heterocycles. The number of aromatic nitrogens is 1. The molecule has 0 radical (unpaired) electrons. The number of fused-ring (bicyclic) bond motifs is 2. The first-order valence-electron chi connectivity index (χ1n) is 5.51. The van der Waals surface area contributed by atoms with E-state index >= 15 is 0 Å². The third-order valence-electron chi connectivity index (χ3n) is 3.27. The van der Waals surface area contributed by atoms with Crippen molar-refractivity contribution in [2.75, 3.05) is 13.2 Å². The van der Waals surface area contributed by atoms with E-state index in [-0.39, 0.29) is 0 Å². The van der Waals surface area contributed by atoms with Crippen LogP contribution < -0.4 is 9.47 Å². The van der Waals surface area contributed by atoms with E-state index in [2.05, 4.69) is 6.07 Å². The van der Waals surface area contributed by atoms with E-state index in [1.165, 1.54) is 0 Å². The fourth-order valence-electron chi connectivity index (χ4n) is 2.24. The lowest BCUT2D eigenvalue weighted by Crippen LogP contribution is -2.15. The van der Waals surface area contributed by atoms with Crippen molar-refractivity contribution in [1.82, 2.24) is 4.57 Å². The minimum atomic E-state index is 0.562. The summed E-state index contributed by atoms with van der Waals surface area (Å²) in [6, 6.07) is 6.09. The Morgan fingerprint density at radius 3 is 2.53 bits per heavy atom. The summed E-state index contributed by atoms with van der Waals surface area (Å²) in [6.45, 7) is 3.08. The van der Waals surface area contributed by atoms with Crippen LogP contribution in [0.3, 0.4) is 0 Å². The molecule has 0 fully saturated rings. The van der Waals surface area contributed by atoms with E-state index in [4.69, 9.17) is 9.47 Å². The SMILES string of the molecule is Cc1c(C#N)c2cc3c(cc2n1C)OCCO3. The van der Waals surface area contributed by atoms with Crippen molar-refractivity contribution in [3.05, 3.63) is 23.4 Å². The van der Waals surface area contributed by atoms with Crippen molar-refractivity contribution in [3.63, 3.8) is 0 Å². The Kier molecular flexibility index (Phi) is 2.02. The lowest BCUT2D eigenvalue weighted by Gasteiger charge is -2.18. The summed E-state index contributed by atoms with van der Waals surface area (Å²) >= 11 is 0. The maximum absolute atomic E-state index is 9.20. The molecule has 1 aromatic heterocycles. The van der Waals surface area contributed by atoms with E-state index in [0.717, 1.165) is 28.1 Å². The van der Waals surface area contributed by atoms with Crippen LogP contribution in [-0.4, -0.2) is 17.8 Å². The van der Waals surface area contributed by atoms with E-state index in [1.807, 2.05) is 30.7 Å². The minimum absolute atomic E-state index is 0.562. The van der Waals surface area contributed by atoms with E-state index in [1.54, 1.807) is 0 Å². The molecule has 1 aliphatic heterocycles. The number of benzene rings is 1. The van der Waals surface area contributed by atoms with Crippen LogP contribution >= 0.6 is 0 Å². The van der Waals surface area contributed by atoms with Gasteiger partial charge < -0.3 is 14.0 Å². The molecule has 1 aromatic carbocycles. The smallest absolute Gasteiger partial charge is 0.163 e. The maximum Gasteiger partial charge on any atom is 0.163 e. The van der Waals surface area contributed by atoms with E-state index in [9.17, 15) is 5.26 Å². The van der Waals surface area contributed by atoms with Gasteiger partial charge in [-0.15, -0.1) is 0 Å². The molecule has 0 amide bonds. The number of rotatable bonds is 0. The van der Waals surface area contributed by atoms with Crippen molar-refractivity contribution in [2.45, 2.75) is 6.92 Å². The normalized spacial score (nSPS) is 13.7. The highest BCUT2D eigenvalue weighted by Crippen LogP contribution is 2.37. The van der Waals surface area contributed by atoms with E-state index in [0.29, 0.717) is 18.8 Å². The summed E-state index contributed by atoms with van der Waals surface area (Å²) < 4.78 is 13.1. The van der Waals surface area contributed by atoms with Crippen LogP contribution in [0.1, 0.15) is 11.3 Å². The summed E-state index contributed by atoms with van der Waals surface area (Å²) in [5.41, 5.74) is 2.67. The predicted molar refractivity (Wildman–Crippen MR) is 63.4 cm³/mol. The summed E-state index contributed by atoms with van der Waals surface area (Å²) in [5, 5.41) is 10.1. The summed E-state index contributed by atoms with van der Waals surface area (Å²) in [7, 11) is 1.95. The Labute approximate surface area is 99.0 Å². The first-order chi connectivity index (χ1) is 8.22. The number of nitrogens with zero attached hydrogens (tertiary/aromatic N) is 2. The zero-order valence-electron chi connectivity index (χ0n) is 9.78. The second-order valence-electron chi connectivity index (χ2n) is 4.14. The third kappa shape index (κ3) is 1.29. The first kappa shape index (κ1) is 10.0. The molecule has 0 N–H and O–H groups in total. The zero-order chi connectivity index (χ0) is 12.0. The van der Waals surface area contributed by atoms with Gasteiger partial charge in [0.2, 0.25) is 0 Å². The standard InChI is InChI=1S/C13H12N2O2/c1-8-10(7-14)9-5-12-13(17-4-3-16-12)6-11(9)15(8)2/h5-6H,3-4H2,1-2H3. The quantitative estimate of drug-likeness (QED) is 0.694. The van der Waals surface area contributed by atoms with Gasteiger partial charge >= 0.3 is 0 Å². The Bertz CT molecular complexity index is 650. The fourth-order valence-corrected chi connectivity index (χ4v) is 2.24. The molecule has 0 unspecified atom stereocenters. The number of ether oxygens (including phenoxy) is 2. The second kappa shape index (κ2) is 3.42. The van der Waals surface area contributed by atoms with Gasteiger partial charge in [-0.25, -0.2) is 0 Å². The summed E-state index contributed by atoms with van der Waals surface area (Å²) in [5.74, 6) is 1.49. The first-order valence-corrected chi connectivity index (χ1v) is 5.51. The highest BCUT2D eigenvalue weighted by Gasteiger charge is 2.18.